The van der Waals surface area contributed by atoms with E-state index < -0.39 is 0 Å². The van der Waals surface area contributed by atoms with E-state index in [0.29, 0.717) is 5.92 Å². The Morgan fingerprint density at radius 3 is 2.50 bits per heavy atom. The zero-order valence-corrected chi connectivity index (χ0v) is 11.6. The molecule has 0 aliphatic heterocycles. The van der Waals surface area contributed by atoms with Crippen LogP contribution in [0.2, 0.25) is 0 Å². The number of rotatable bonds is 7. The lowest BCUT2D eigenvalue weighted by atomic mass is 9.94. The molecule has 0 radical (unpaired) electrons. The Balaban J connectivity index is 2.78. The van der Waals surface area contributed by atoms with Crippen molar-refractivity contribution in [2.45, 2.75) is 32.4 Å². The molecule has 0 saturated carbocycles. The highest BCUT2D eigenvalue weighted by Gasteiger charge is 2.23. The summed E-state index contributed by atoms with van der Waals surface area (Å²) in [6.45, 7) is 4.26. The molecule has 0 amide bonds. The molecule has 0 aromatic heterocycles. The van der Waals surface area contributed by atoms with E-state index in [1.165, 1.54) is 5.56 Å². The van der Waals surface area contributed by atoms with Crippen molar-refractivity contribution in [1.82, 2.24) is 5.43 Å². The number of benzene rings is 1. The van der Waals surface area contributed by atoms with Crippen LogP contribution in [0, 0.1) is 5.92 Å². The molecule has 4 heteroatoms. The first-order valence-corrected chi connectivity index (χ1v) is 6.24. The van der Waals surface area contributed by atoms with Crippen molar-refractivity contribution in [2.75, 3.05) is 14.2 Å². The molecule has 1 aromatic carbocycles. The van der Waals surface area contributed by atoms with Crippen molar-refractivity contribution in [3.05, 3.63) is 29.8 Å². The summed E-state index contributed by atoms with van der Waals surface area (Å²) in [5.74, 6) is 6.91. The number of ether oxygens (including phenoxy) is 2. The predicted molar refractivity (Wildman–Crippen MR) is 73.4 cm³/mol. The molecule has 0 spiro atoms. The highest BCUT2D eigenvalue weighted by molar-refractivity contribution is 5.29. The molecule has 0 aliphatic rings. The van der Waals surface area contributed by atoms with Crippen LogP contribution in [0.25, 0.3) is 0 Å². The van der Waals surface area contributed by atoms with Crippen molar-refractivity contribution in [3.63, 3.8) is 0 Å². The topological polar surface area (TPSA) is 56.5 Å². The number of hydrogen-bond donors (Lipinski definition) is 2. The summed E-state index contributed by atoms with van der Waals surface area (Å²) < 4.78 is 10.7. The van der Waals surface area contributed by atoms with Crippen LogP contribution in [-0.2, 0) is 11.2 Å². The van der Waals surface area contributed by atoms with Gasteiger partial charge in [-0.2, -0.15) is 0 Å². The van der Waals surface area contributed by atoms with Gasteiger partial charge in [0.1, 0.15) is 5.75 Å². The lowest BCUT2D eigenvalue weighted by Gasteiger charge is -2.28. The smallest absolute Gasteiger partial charge is 0.119 e. The minimum absolute atomic E-state index is 0.0844. The minimum Gasteiger partial charge on any atom is -0.497 e. The Labute approximate surface area is 109 Å². The van der Waals surface area contributed by atoms with E-state index in [2.05, 4.69) is 25.3 Å². The van der Waals surface area contributed by atoms with Gasteiger partial charge in [-0.05, 0) is 30.0 Å². The lowest BCUT2D eigenvalue weighted by Crippen LogP contribution is -2.48. The molecule has 3 N–H and O–H groups in total. The van der Waals surface area contributed by atoms with E-state index in [9.17, 15) is 0 Å². The fraction of sp³-hybridized carbons (Fsp3) is 0.571. The maximum atomic E-state index is 5.64. The molecule has 0 bridgehead atoms. The van der Waals surface area contributed by atoms with Crippen molar-refractivity contribution in [1.29, 1.82) is 0 Å². The van der Waals surface area contributed by atoms with Crippen molar-refractivity contribution < 1.29 is 9.47 Å². The van der Waals surface area contributed by atoms with E-state index in [1.54, 1.807) is 14.2 Å². The van der Waals surface area contributed by atoms with Gasteiger partial charge in [-0.3, -0.25) is 11.3 Å². The standard InChI is InChI=1S/C14H24N2O2/c1-10(2)14(18-4)13(16-15)9-11-6-5-7-12(8-11)17-3/h5-8,10,13-14,16H,9,15H2,1-4H3. The van der Waals surface area contributed by atoms with E-state index in [1.807, 2.05) is 18.2 Å². The average molecular weight is 252 g/mol. The first-order chi connectivity index (χ1) is 8.62. The van der Waals surface area contributed by atoms with Gasteiger partial charge in [0.15, 0.2) is 0 Å². The molecule has 0 saturated heterocycles. The molecule has 0 fully saturated rings. The molecule has 2 atom stereocenters. The summed E-state index contributed by atoms with van der Waals surface area (Å²) in [4.78, 5) is 0. The third kappa shape index (κ3) is 3.98. The van der Waals surface area contributed by atoms with Crippen molar-refractivity contribution >= 4 is 0 Å². The van der Waals surface area contributed by atoms with Crippen molar-refractivity contribution in [3.8, 4) is 5.75 Å². The maximum absolute atomic E-state index is 5.64. The molecule has 2 unspecified atom stereocenters. The van der Waals surface area contributed by atoms with Crippen LogP contribution in [0.1, 0.15) is 19.4 Å². The largest absolute Gasteiger partial charge is 0.497 e. The second-order valence-corrected chi connectivity index (χ2v) is 4.77. The van der Waals surface area contributed by atoms with Crippen LogP contribution < -0.4 is 16.0 Å². The van der Waals surface area contributed by atoms with Gasteiger partial charge in [0.25, 0.3) is 0 Å². The molecule has 1 aromatic rings. The second kappa shape index (κ2) is 7.36. The number of hydrogen-bond acceptors (Lipinski definition) is 4. The Morgan fingerprint density at radius 2 is 2.00 bits per heavy atom. The highest BCUT2D eigenvalue weighted by Crippen LogP contribution is 2.18. The molecule has 0 heterocycles. The van der Waals surface area contributed by atoms with Gasteiger partial charge in [0.2, 0.25) is 0 Å². The summed E-state index contributed by atoms with van der Waals surface area (Å²) in [5.41, 5.74) is 4.04. The monoisotopic (exact) mass is 252 g/mol. The molecule has 18 heavy (non-hydrogen) atoms. The SMILES string of the molecule is COc1cccc(CC(NN)C(OC)C(C)C)c1. The molecule has 1 rings (SSSR count). The van der Waals surface area contributed by atoms with Gasteiger partial charge in [-0.1, -0.05) is 26.0 Å². The fourth-order valence-corrected chi connectivity index (χ4v) is 2.22. The van der Waals surface area contributed by atoms with Crippen LogP contribution in [0.4, 0.5) is 0 Å². The minimum atomic E-state index is 0.0844. The fourth-order valence-electron chi connectivity index (χ4n) is 2.22. The molecule has 0 aliphatic carbocycles. The van der Waals surface area contributed by atoms with Gasteiger partial charge in [0.05, 0.1) is 19.3 Å². The van der Waals surface area contributed by atoms with Crippen LogP contribution in [0.5, 0.6) is 5.75 Å². The van der Waals surface area contributed by atoms with E-state index >= 15 is 0 Å². The predicted octanol–water partition coefficient (Wildman–Crippen LogP) is 1.74. The van der Waals surface area contributed by atoms with E-state index in [-0.39, 0.29) is 12.1 Å². The van der Waals surface area contributed by atoms with E-state index in [4.69, 9.17) is 15.3 Å². The lowest BCUT2D eigenvalue weighted by molar-refractivity contribution is 0.0332. The molecule has 4 nitrogen and oxygen atoms in total. The van der Waals surface area contributed by atoms with Gasteiger partial charge in [-0.15, -0.1) is 0 Å². The van der Waals surface area contributed by atoms with Crippen molar-refractivity contribution in [2.24, 2.45) is 11.8 Å². The Kier molecular flexibility index (Phi) is 6.12. The summed E-state index contributed by atoms with van der Waals surface area (Å²) in [6, 6.07) is 8.10. The Morgan fingerprint density at radius 1 is 1.28 bits per heavy atom. The third-order valence-corrected chi connectivity index (χ3v) is 3.13. The molecular weight excluding hydrogens is 228 g/mol. The van der Waals surface area contributed by atoms with Gasteiger partial charge in [-0.25, -0.2) is 0 Å². The first-order valence-electron chi connectivity index (χ1n) is 6.24. The van der Waals surface area contributed by atoms with E-state index in [0.717, 1.165) is 12.2 Å². The summed E-state index contributed by atoms with van der Waals surface area (Å²) in [7, 11) is 3.39. The zero-order chi connectivity index (χ0) is 13.5. The van der Waals surface area contributed by atoms with Gasteiger partial charge < -0.3 is 9.47 Å². The molecular formula is C14H24N2O2. The molecule has 102 valence electrons. The quantitative estimate of drug-likeness (QED) is 0.573. The first kappa shape index (κ1) is 15.0. The number of nitrogens with one attached hydrogen (secondary N) is 1. The average Bonchev–Trinajstić information content (AvgIpc) is 2.38. The van der Waals surface area contributed by atoms with Gasteiger partial charge >= 0.3 is 0 Å². The highest BCUT2D eigenvalue weighted by atomic mass is 16.5. The number of methoxy groups -OCH3 is 2. The second-order valence-electron chi connectivity index (χ2n) is 4.77. The Hall–Kier alpha value is -1.10. The van der Waals surface area contributed by atoms with Crippen LogP contribution in [0.15, 0.2) is 24.3 Å². The zero-order valence-electron chi connectivity index (χ0n) is 11.6. The summed E-state index contributed by atoms with van der Waals surface area (Å²) in [6.07, 6.45) is 0.894. The summed E-state index contributed by atoms with van der Waals surface area (Å²) in [5, 5.41) is 0. The third-order valence-electron chi connectivity index (χ3n) is 3.13. The van der Waals surface area contributed by atoms with Crippen LogP contribution in [-0.4, -0.2) is 26.4 Å². The number of hydrazine groups is 1. The normalized spacial score (nSPS) is 14.6. The Bertz CT molecular complexity index is 355. The maximum Gasteiger partial charge on any atom is 0.119 e. The number of nitrogens with two attached hydrogens (primary N) is 1. The van der Waals surface area contributed by atoms with Crippen LogP contribution in [0.3, 0.4) is 0 Å². The van der Waals surface area contributed by atoms with Crippen LogP contribution >= 0.6 is 0 Å². The summed E-state index contributed by atoms with van der Waals surface area (Å²) >= 11 is 0. The van der Waals surface area contributed by atoms with Gasteiger partial charge in [0, 0.05) is 7.11 Å².